The Bertz CT molecular complexity index is 1240. The van der Waals surface area contributed by atoms with Crippen LogP contribution in [-0.2, 0) is 11.2 Å². The summed E-state index contributed by atoms with van der Waals surface area (Å²) in [5.74, 6) is -0.632. The van der Waals surface area contributed by atoms with Crippen molar-refractivity contribution in [1.29, 1.82) is 0 Å². The van der Waals surface area contributed by atoms with Crippen LogP contribution >= 0.6 is 0 Å². The minimum atomic E-state index is -0.363. The minimum absolute atomic E-state index is 0.225. The Labute approximate surface area is 167 Å². The molecule has 0 bridgehead atoms. The zero-order chi connectivity index (χ0) is 20.5. The number of H-pyrrole nitrogens is 1. The highest BCUT2D eigenvalue weighted by atomic mass is 16.2. The van der Waals surface area contributed by atoms with Crippen LogP contribution < -0.4 is 10.9 Å². The number of rotatable bonds is 4. The van der Waals surface area contributed by atoms with Crippen LogP contribution in [0.4, 0.5) is 0 Å². The molecule has 8 nitrogen and oxygen atoms in total. The molecule has 8 heteroatoms. The highest BCUT2D eigenvalue weighted by Gasteiger charge is 2.15. The quantitative estimate of drug-likeness (QED) is 0.466. The number of fused-ring (bicyclic) bond motifs is 2. The second kappa shape index (κ2) is 7.38. The molecule has 148 valence electrons. The second-order valence-corrected chi connectivity index (χ2v) is 7.07. The van der Waals surface area contributed by atoms with E-state index in [0.717, 1.165) is 39.2 Å². The van der Waals surface area contributed by atoms with Gasteiger partial charge < -0.3 is 4.98 Å². The first-order valence-corrected chi connectivity index (χ1v) is 9.42. The predicted molar refractivity (Wildman–Crippen MR) is 109 cm³/mol. The van der Waals surface area contributed by atoms with E-state index >= 15 is 0 Å². The molecule has 3 N–H and O–H groups in total. The molecule has 0 saturated carbocycles. The third-order valence-corrected chi connectivity index (χ3v) is 5.04. The molecule has 0 saturated heterocycles. The van der Waals surface area contributed by atoms with Gasteiger partial charge in [0.25, 0.3) is 5.91 Å². The monoisotopic (exact) mass is 390 g/mol. The lowest BCUT2D eigenvalue weighted by molar-refractivity contribution is -0.121. The molecule has 0 atom stereocenters. The summed E-state index contributed by atoms with van der Waals surface area (Å²) < 4.78 is 1.80. The van der Waals surface area contributed by atoms with Gasteiger partial charge in [-0.2, -0.15) is 5.10 Å². The SMILES string of the molecule is Cc1cc2nc(C)c(CCC(=O)NNC(=O)c3c[nH]c4ccccc34)c(C)n2n1. The van der Waals surface area contributed by atoms with Gasteiger partial charge in [-0.25, -0.2) is 9.50 Å². The normalized spacial score (nSPS) is 11.1. The topological polar surface area (TPSA) is 104 Å². The number of hydrogen-bond acceptors (Lipinski definition) is 4. The molecule has 4 aromatic rings. The van der Waals surface area contributed by atoms with Crippen molar-refractivity contribution >= 4 is 28.4 Å². The van der Waals surface area contributed by atoms with E-state index in [1.807, 2.05) is 51.1 Å². The summed E-state index contributed by atoms with van der Waals surface area (Å²) in [6.07, 6.45) is 2.36. The fourth-order valence-corrected chi connectivity index (χ4v) is 3.56. The van der Waals surface area contributed by atoms with Gasteiger partial charge in [-0.3, -0.25) is 20.4 Å². The molecule has 4 rings (SSSR count). The van der Waals surface area contributed by atoms with Crippen LogP contribution in [0.25, 0.3) is 16.6 Å². The van der Waals surface area contributed by atoms with E-state index in [2.05, 4.69) is 25.9 Å². The smallest absolute Gasteiger partial charge is 0.271 e. The van der Waals surface area contributed by atoms with E-state index < -0.39 is 0 Å². The van der Waals surface area contributed by atoms with E-state index in [9.17, 15) is 9.59 Å². The lowest BCUT2D eigenvalue weighted by atomic mass is 10.1. The number of nitrogens with zero attached hydrogens (tertiary/aromatic N) is 3. The van der Waals surface area contributed by atoms with Crippen molar-refractivity contribution < 1.29 is 9.59 Å². The van der Waals surface area contributed by atoms with Gasteiger partial charge in [-0.1, -0.05) is 18.2 Å². The maximum atomic E-state index is 12.4. The molecule has 0 aliphatic carbocycles. The number of amides is 2. The Kier molecular flexibility index (Phi) is 4.75. The third kappa shape index (κ3) is 3.56. The van der Waals surface area contributed by atoms with E-state index in [1.165, 1.54) is 0 Å². The summed E-state index contributed by atoms with van der Waals surface area (Å²) in [6, 6.07) is 9.43. The van der Waals surface area contributed by atoms with Gasteiger partial charge in [0, 0.05) is 41.0 Å². The number of nitrogens with one attached hydrogen (secondary N) is 3. The van der Waals surface area contributed by atoms with Crippen molar-refractivity contribution in [2.45, 2.75) is 33.6 Å². The number of hydrogen-bond donors (Lipinski definition) is 3. The number of para-hydroxylation sites is 1. The van der Waals surface area contributed by atoms with Gasteiger partial charge in [0.05, 0.1) is 11.3 Å². The van der Waals surface area contributed by atoms with Crippen molar-refractivity contribution in [2.75, 3.05) is 0 Å². The van der Waals surface area contributed by atoms with Gasteiger partial charge in [0.2, 0.25) is 5.91 Å². The van der Waals surface area contributed by atoms with E-state index in [0.29, 0.717) is 12.0 Å². The minimum Gasteiger partial charge on any atom is -0.360 e. The first-order valence-electron chi connectivity index (χ1n) is 9.42. The standard InChI is InChI=1S/C21H22N6O2/c1-12-10-19-23-13(2)15(14(3)27(19)26-12)8-9-20(28)24-25-21(29)17-11-22-18-7-5-4-6-16(17)18/h4-7,10-11,22H,8-9H2,1-3H3,(H,24,28)(H,25,29). The van der Waals surface area contributed by atoms with Crippen molar-refractivity contribution in [3.63, 3.8) is 0 Å². The Morgan fingerprint density at radius 1 is 1.14 bits per heavy atom. The number of hydrazine groups is 1. The number of carbonyl (C=O) groups is 2. The molecule has 2 amide bonds. The van der Waals surface area contributed by atoms with Crippen LogP contribution in [-0.4, -0.2) is 31.4 Å². The zero-order valence-corrected chi connectivity index (χ0v) is 16.5. The van der Waals surface area contributed by atoms with Crippen LogP contribution in [0.2, 0.25) is 0 Å². The number of aromatic amines is 1. The molecule has 1 aromatic carbocycles. The lowest BCUT2D eigenvalue weighted by Gasteiger charge is -2.11. The maximum Gasteiger partial charge on any atom is 0.271 e. The van der Waals surface area contributed by atoms with Crippen molar-refractivity contribution in [1.82, 2.24) is 30.4 Å². The summed E-state index contributed by atoms with van der Waals surface area (Å²) in [4.78, 5) is 32.3. The van der Waals surface area contributed by atoms with Crippen LogP contribution in [0.1, 0.15) is 39.4 Å². The summed E-state index contributed by atoms with van der Waals surface area (Å²) in [5.41, 5.74) is 10.9. The molecular weight excluding hydrogens is 368 g/mol. The molecule has 3 heterocycles. The average Bonchev–Trinajstić information content (AvgIpc) is 3.29. The van der Waals surface area contributed by atoms with E-state index in [1.54, 1.807) is 10.7 Å². The van der Waals surface area contributed by atoms with Crippen molar-refractivity contribution in [3.8, 4) is 0 Å². The number of aromatic nitrogens is 4. The van der Waals surface area contributed by atoms with Crippen molar-refractivity contribution in [2.24, 2.45) is 0 Å². The van der Waals surface area contributed by atoms with Gasteiger partial charge in [-0.05, 0) is 38.8 Å². The molecular formula is C21H22N6O2. The Hall–Kier alpha value is -3.68. The molecule has 3 aromatic heterocycles. The van der Waals surface area contributed by atoms with Crippen molar-refractivity contribution in [3.05, 3.63) is 64.7 Å². The predicted octanol–water partition coefficient (Wildman–Crippen LogP) is 2.53. The summed E-state index contributed by atoms with van der Waals surface area (Å²) >= 11 is 0. The molecule has 0 aliphatic heterocycles. The Balaban J connectivity index is 1.39. The third-order valence-electron chi connectivity index (χ3n) is 5.04. The largest absolute Gasteiger partial charge is 0.360 e. The summed E-state index contributed by atoms with van der Waals surface area (Å²) in [7, 11) is 0. The summed E-state index contributed by atoms with van der Waals surface area (Å²) in [5, 5.41) is 5.25. The Morgan fingerprint density at radius 2 is 1.93 bits per heavy atom. The van der Waals surface area contributed by atoms with Gasteiger partial charge in [-0.15, -0.1) is 0 Å². The van der Waals surface area contributed by atoms with Gasteiger partial charge in [0.1, 0.15) is 0 Å². The van der Waals surface area contributed by atoms with Crippen LogP contribution in [0, 0.1) is 20.8 Å². The van der Waals surface area contributed by atoms with Crippen LogP contribution in [0.15, 0.2) is 36.5 Å². The number of benzene rings is 1. The van der Waals surface area contributed by atoms with Crippen LogP contribution in [0.5, 0.6) is 0 Å². The fourth-order valence-electron chi connectivity index (χ4n) is 3.56. The molecule has 0 radical (unpaired) electrons. The average molecular weight is 390 g/mol. The first kappa shape index (κ1) is 18.7. The molecule has 0 fully saturated rings. The lowest BCUT2D eigenvalue weighted by Crippen LogP contribution is -2.41. The molecule has 0 spiro atoms. The maximum absolute atomic E-state index is 12.4. The van der Waals surface area contributed by atoms with Gasteiger partial charge >= 0.3 is 0 Å². The van der Waals surface area contributed by atoms with E-state index in [-0.39, 0.29) is 18.2 Å². The molecule has 0 unspecified atom stereocenters. The fraction of sp³-hybridized carbons (Fsp3) is 0.238. The van der Waals surface area contributed by atoms with E-state index in [4.69, 9.17) is 0 Å². The first-order chi connectivity index (χ1) is 13.9. The van der Waals surface area contributed by atoms with Crippen LogP contribution in [0.3, 0.4) is 0 Å². The highest BCUT2D eigenvalue weighted by molar-refractivity contribution is 6.07. The Morgan fingerprint density at radius 3 is 2.76 bits per heavy atom. The summed E-state index contributed by atoms with van der Waals surface area (Å²) in [6.45, 7) is 5.83. The van der Waals surface area contributed by atoms with Gasteiger partial charge in [0.15, 0.2) is 5.65 Å². The number of aryl methyl sites for hydroxylation is 3. The highest BCUT2D eigenvalue weighted by Crippen LogP contribution is 2.18. The molecule has 29 heavy (non-hydrogen) atoms. The number of carbonyl (C=O) groups excluding carboxylic acids is 2. The zero-order valence-electron chi connectivity index (χ0n) is 16.5. The molecule has 0 aliphatic rings. The second-order valence-electron chi connectivity index (χ2n) is 7.07.